The SMILES string of the molecule is CCCC(=O)OCC(O)CN(CCCOC)Cc1c(-c2ccccc2)noc1N(C)C1CCCCC1. The first kappa shape index (κ1) is 28.2. The van der Waals surface area contributed by atoms with E-state index in [0.29, 0.717) is 32.2 Å². The van der Waals surface area contributed by atoms with E-state index in [9.17, 15) is 9.90 Å². The van der Waals surface area contributed by atoms with E-state index >= 15 is 0 Å². The van der Waals surface area contributed by atoms with E-state index in [2.05, 4.69) is 22.0 Å². The molecule has 36 heavy (non-hydrogen) atoms. The number of hydrogen-bond acceptors (Lipinski definition) is 8. The number of anilines is 1. The van der Waals surface area contributed by atoms with Crippen molar-refractivity contribution in [3.8, 4) is 11.3 Å². The molecule has 0 aliphatic heterocycles. The van der Waals surface area contributed by atoms with Gasteiger partial charge in [-0.25, -0.2) is 0 Å². The first-order valence-corrected chi connectivity index (χ1v) is 13.3. The number of aromatic nitrogens is 1. The number of aliphatic hydroxyl groups excluding tert-OH is 1. The normalized spacial score (nSPS) is 15.2. The molecule has 1 fully saturated rings. The summed E-state index contributed by atoms with van der Waals surface area (Å²) in [5, 5.41) is 15.2. The van der Waals surface area contributed by atoms with Crippen LogP contribution >= 0.6 is 0 Å². The highest BCUT2D eigenvalue weighted by molar-refractivity contribution is 5.69. The Morgan fingerprint density at radius 3 is 2.67 bits per heavy atom. The number of methoxy groups -OCH3 is 1. The summed E-state index contributed by atoms with van der Waals surface area (Å²) in [4.78, 5) is 16.2. The van der Waals surface area contributed by atoms with Gasteiger partial charge < -0.3 is 24.0 Å². The maximum atomic E-state index is 11.8. The zero-order valence-electron chi connectivity index (χ0n) is 22.2. The van der Waals surface area contributed by atoms with E-state index in [4.69, 9.17) is 14.0 Å². The maximum Gasteiger partial charge on any atom is 0.305 e. The van der Waals surface area contributed by atoms with Crippen LogP contribution in [0.4, 0.5) is 5.88 Å². The lowest BCUT2D eigenvalue weighted by molar-refractivity contribution is -0.147. The Hall–Kier alpha value is -2.42. The average molecular weight is 502 g/mol. The molecule has 2 aromatic rings. The molecule has 0 amide bonds. The van der Waals surface area contributed by atoms with Gasteiger partial charge >= 0.3 is 5.97 Å². The summed E-state index contributed by atoms with van der Waals surface area (Å²) in [6.07, 6.45) is 7.18. The van der Waals surface area contributed by atoms with Crippen LogP contribution in [0.2, 0.25) is 0 Å². The van der Waals surface area contributed by atoms with Gasteiger partial charge in [0.2, 0.25) is 5.88 Å². The smallest absolute Gasteiger partial charge is 0.305 e. The molecular formula is C28H43N3O5. The number of rotatable bonds is 15. The number of nitrogens with zero attached hydrogens (tertiary/aromatic N) is 3. The maximum absolute atomic E-state index is 11.8. The van der Waals surface area contributed by atoms with E-state index in [1.165, 1.54) is 19.3 Å². The van der Waals surface area contributed by atoms with Gasteiger partial charge in [0.15, 0.2) is 0 Å². The van der Waals surface area contributed by atoms with E-state index in [1.807, 2.05) is 37.3 Å². The van der Waals surface area contributed by atoms with E-state index in [-0.39, 0.29) is 12.6 Å². The van der Waals surface area contributed by atoms with Gasteiger partial charge in [-0.3, -0.25) is 9.69 Å². The van der Waals surface area contributed by atoms with Crippen LogP contribution in [0.1, 0.15) is 63.9 Å². The highest BCUT2D eigenvalue weighted by atomic mass is 16.5. The van der Waals surface area contributed by atoms with Crippen LogP contribution < -0.4 is 4.90 Å². The van der Waals surface area contributed by atoms with Gasteiger partial charge in [-0.2, -0.15) is 0 Å². The van der Waals surface area contributed by atoms with Crippen LogP contribution in [-0.2, 0) is 20.8 Å². The van der Waals surface area contributed by atoms with Gasteiger partial charge in [-0.05, 0) is 25.7 Å². The monoisotopic (exact) mass is 501 g/mol. The zero-order chi connectivity index (χ0) is 25.8. The lowest BCUT2D eigenvalue weighted by Crippen LogP contribution is -2.37. The van der Waals surface area contributed by atoms with Crippen LogP contribution in [0.3, 0.4) is 0 Å². The predicted octanol–water partition coefficient (Wildman–Crippen LogP) is 4.65. The van der Waals surface area contributed by atoms with E-state index < -0.39 is 6.10 Å². The molecule has 0 spiro atoms. The van der Waals surface area contributed by atoms with Crippen molar-refractivity contribution in [1.82, 2.24) is 10.1 Å². The lowest BCUT2D eigenvalue weighted by atomic mass is 9.94. The van der Waals surface area contributed by atoms with Crippen molar-refractivity contribution >= 4 is 11.9 Å². The topological polar surface area (TPSA) is 88.3 Å². The number of ether oxygens (including phenoxy) is 2. The van der Waals surface area contributed by atoms with Crippen LogP contribution in [0.25, 0.3) is 11.3 Å². The first-order valence-electron chi connectivity index (χ1n) is 13.3. The van der Waals surface area contributed by atoms with Crippen molar-refractivity contribution in [1.29, 1.82) is 0 Å². The fourth-order valence-corrected chi connectivity index (χ4v) is 4.88. The molecule has 1 heterocycles. The van der Waals surface area contributed by atoms with Gasteiger partial charge in [0.25, 0.3) is 0 Å². The quantitative estimate of drug-likeness (QED) is 0.279. The largest absolute Gasteiger partial charge is 0.463 e. The van der Waals surface area contributed by atoms with Crippen molar-refractivity contribution in [2.45, 2.75) is 77.0 Å². The second-order valence-corrected chi connectivity index (χ2v) is 9.75. The highest BCUT2D eigenvalue weighted by Crippen LogP contribution is 2.35. The number of hydrogen-bond donors (Lipinski definition) is 1. The molecule has 1 aromatic carbocycles. The second-order valence-electron chi connectivity index (χ2n) is 9.75. The van der Waals surface area contributed by atoms with Crippen LogP contribution in [0.15, 0.2) is 34.9 Å². The van der Waals surface area contributed by atoms with Gasteiger partial charge in [0, 0.05) is 58.4 Å². The number of carbonyl (C=O) groups is 1. The second kappa shape index (κ2) is 15.0. The molecule has 1 aliphatic rings. The van der Waals surface area contributed by atoms with E-state index in [1.54, 1.807) is 7.11 Å². The minimum atomic E-state index is -0.784. The standard InChI is InChI=1S/C28H43N3O5/c1-4-12-26(33)35-21-24(32)19-31(17-11-18-34-3)20-25-27(22-13-7-5-8-14-22)29-36-28(25)30(2)23-15-9-6-10-16-23/h5,7-8,13-14,23-24,32H,4,6,9-12,15-21H2,1-3H3. The van der Waals surface area contributed by atoms with Crippen LogP contribution in [0.5, 0.6) is 0 Å². The number of esters is 1. The highest BCUT2D eigenvalue weighted by Gasteiger charge is 2.28. The molecular weight excluding hydrogens is 458 g/mol. The number of aliphatic hydroxyl groups is 1. The van der Waals surface area contributed by atoms with Crippen LogP contribution in [0, 0.1) is 0 Å². The minimum absolute atomic E-state index is 0.0103. The molecule has 3 rings (SSSR count). The summed E-state index contributed by atoms with van der Waals surface area (Å²) in [6, 6.07) is 10.5. The van der Waals surface area contributed by atoms with Crippen molar-refractivity contribution < 1.29 is 23.9 Å². The Kier molecular flexibility index (Phi) is 11.7. The molecule has 1 atom stereocenters. The number of carbonyl (C=O) groups excluding carboxylic acids is 1. The van der Waals surface area contributed by atoms with Crippen molar-refractivity contribution in [3.05, 3.63) is 35.9 Å². The summed E-state index contributed by atoms with van der Waals surface area (Å²) < 4.78 is 16.5. The molecule has 1 N–H and O–H groups in total. The lowest BCUT2D eigenvalue weighted by Gasteiger charge is -2.32. The molecule has 8 heteroatoms. The van der Waals surface area contributed by atoms with Gasteiger partial charge in [0.1, 0.15) is 18.4 Å². The molecule has 8 nitrogen and oxygen atoms in total. The average Bonchev–Trinajstić information content (AvgIpc) is 3.31. The summed E-state index contributed by atoms with van der Waals surface area (Å²) in [5.41, 5.74) is 2.85. The van der Waals surface area contributed by atoms with Crippen molar-refractivity contribution in [2.75, 3.05) is 45.4 Å². The van der Waals surface area contributed by atoms with Crippen LogP contribution in [-0.4, -0.2) is 73.7 Å². The Bertz CT molecular complexity index is 898. The molecule has 1 saturated carbocycles. The van der Waals surface area contributed by atoms with Gasteiger partial charge in [-0.15, -0.1) is 0 Å². The fraction of sp³-hybridized carbons (Fsp3) is 0.643. The zero-order valence-corrected chi connectivity index (χ0v) is 22.2. The summed E-state index contributed by atoms with van der Waals surface area (Å²) in [7, 11) is 3.79. The molecule has 0 bridgehead atoms. The van der Waals surface area contributed by atoms with E-state index in [0.717, 1.165) is 54.9 Å². The minimum Gasteiger partial charge on any atom is -0.463 e. The third-order valence-corrected chi connectivity index (χ3v) is 6.82. The van der Waals surface area contributed by atoms with Crippen molar-refractivity contribution in [3.63, 3.8) is 0 Å². The van der Waals surface area contributed by atoms with Gasteiger partial charge in [-0.1, -0.05) is 61.7 Å². The molecule has 0 saturated heterocycles. The van der Waals surface area contributed by atoms with Gasteiger partial charge in [0.05, 0.1) is 5.56 Å². The van der Waals surface area contributed by atoms with Crippen molar-refractivity contribution in [2.24, 2.45) is 0 Å². The predicted molar refractivity (Wildman–Crippen MR) is 141 cm³/mol. The summed E-state index contributed by atoms with van der Waals surface area (Å²) >= 11 is 0. The summed E-state index contributed by atoms with van der Waals surface area (Å²) in [6.45, 7) is 4.20. The first-order chi connectivity index (χ1) is 17.5. The Balaban J connectivity index is 1.82. The molecule has 1 aliphatic carbocycles. The third kappa shape index (κ3) is 8.32. The Morgan fingerprint density at radius 1 is 1.22 bits per heavy atom. The third-order valence-electron chi connectivity index (χ3n) is 6.82. The molecule has 200 valence electrons. The Morgan fingerprint density at radius 2 is 1.97 bits per heavy atom. The molecule has 0 radical (unpaired) electrons. The summed E-state index contributed by atoms with van der Waals surface area (Å²) in [5.74, 6) is 0.519. The molecule has 1 unspecified atom stereocenters. The Labute approximate surface area is 215 Å². The molecule has 1 aromatic heterocycles. The number of benzene rings is 1. The fourth-order valence-electron chi connectivity index (χ4n) is 4.88.